The quantitative estimate of drug-likeness (QED) is 0.588. The molecule has 0 saturated heterocycles. The minimum atomic E-state index is 0.00788. The highest BCUT2D eigenvalue weighted by atomic mass is 16.3. The van der Waals surface area contributed by atoms with Crippen molar-refractivity contribution in [3.63, 3.8) is 0 Å². The van der Waals surface area contributed by atoms with Crippen LogP contribution in [0.15, 0.2) is 24.3 Å². The molecule has 0 aromatic heterocycles. The molecule has 0 unspecified atom stereocenters. The van der Waals surface area contributed by atoms with Gasteiger partial charge in [0.05, 0.1) is 27.7 Å². The first kappa shape index (κ1) is 15.5. The molecule has 0 spiro atoms. The number of aryl methyl sites for hydroxylation is 1. The van der Waals surface area contributed by atoms with E-state index in [0.717, 1.165) is 29.6 Å². The molecule has 0 radical (unpaired) electrons. The highest BCUT2D eigenvalue weighted by Crippen LogP contribution is 2.08. The van der Waals surface area contributed by atoms with Crippen LogP contribution in [0.25, 0.3) is 0 Å². The maximum absolute atomic E-state index is 11.6. The zero-order valence-corrected chi connectivity index (χ0v) is 12.1. The van der Waals surface area contributed by atoms with Crippen molar-refractivity contribution in [2.24, 2.45) is 0 Å². The lowest BCUT2D eigenvalue weighted by Crippen LogP contribution is -2.37. The molecule has 0 bridgehead atoms. The third-order valence-electron chi connectivity index (χ3n) is 2.89. The van der Waals surface area contributed by atoms with E-state index in [-0.39, 0.29) is 11.7 Å². The van der Waals surface area contributed by atoms with E-state index in [4.69, 9.17) is 0 Å². The maximum Gasteiger partial charge on any atom is 0.220 e. The summed E-state index contributed by atoms with van der Waals surface area (Å²) in [7, 11) is 6.42. The Bertz CT molecular complexity index is 394. The number of benzene rings is 1. The summed E-state index contributed by atoms with van der Waals surface area (Å²) < 4.78 is 0.914. The van der Waals surface area contributed by atoms with Gasteiger partial charge in [-0.15, -0.1) is 5.75 Å². The van der Waals surface area contributed by atoms with Gasteiger partial charge in [-0.25, -0.2) is 0 Å². The first-order chi connectivity index (χ1) is 8.87. The first-order valence-electron chi connectivity index (χ1n) is 6.70. The minimum Gasteiger partial charge on any atom is -0.872 e. The molecule has 0 fully saturated rings. The maximum atomic E-state index is 11.6. The van der Waals surface area contributed by atoms with E-state index in [2.05, 4.69) is 26.5 Å². The van der Waals surface area contributed by atoms with Crippen LogP contribution in [0.2, 0.25) is 0 Å². The number of nitrogens with zero attached hydrogens (tertiary/aromatic N) is 1. The molecule has 1 N–H and O–H groups in total. The van der Waals surface area contributed by atoms with Gasteiger partial charge in [-0.2, -0.15) is 0 Å². The second-order valence-corrected chi connectivity index (χ2v) is 5.86. The van der Waals surface area contributed by atoms with Crippen molar-refractivity contribution < 1.29 is 14.4 Å². The Balaban J connectivity index is 2.16. The van der Waals surface area contributed by atoms with Gasteiger partial charge >= 0.3 is 0 Å². The summed E-state index contributed by atoms with van der Waals surface area (Å²) in [5, 5.41) is 13.9. The minimum absolute atomic E-state index is 0.00788. The SMILES string of the molecule is C[N+](C)(C)CCCNC(=O)CCc1ccc([O-])cc1. The monoisotopic (exact) mass is 264 g/mol. The summed E-state index contributed by atoms with van der Waals surface area (Å²) >= 11 is 0. The van der Waals surface area contributed by atoms with Crippen molar-refractivity contribution in [2.45, 2.75) is 19.3 Å². The lowest BCUT2D eigenvalue weighted by molar-refractivity contribution is -0.870. The molecule has 106 valence electrons. The lowest BCUT2D eigenvalue weighted by Gasteiger charge is -2.23. The fraction of sp³-hybridized carbons (Fsp3) is 0.533. The number of rotatable bonds is 7. The van der Waals surface area contributed by atoms with Crippen LogP contribution in [0.1, 0.15) is 18.4 Å². The number of hydrogen-bond donors (Lipinski definition) is 1. The zero-order valence-electron chi connectivity index (χ0n) is 12.1. The predicted octanol–water partition coefficient (Wildman–Crippen LogP) is 0.905. The summed E-state index contributed by atoms with van der Waals surface area (Å²) in [6, 6.07) is 6.64. The number of carbonyl (C=O) groups is 1. The second kappa shape index (κ2) is 7.14. The third-order valence-corrected chi connectivity index (χ3v) is 2.89. The highest BCUT2D eigenvalue weighted by molar-refractivity contribution is 5.76. The van der Waals surface area contributed by atoms with E-state index in [1.807, 2.05) is 0 Å². The molecule has 0 atom stereocenters. The molecular formula is C15H24N2O2. The van der Waals surface area contributed by atoms with Crippen LogP contribution in [-0.2, 0) is 11.2 Å². The average Bonchev–Trinajstić information content (AvgIpc) is 2.33. The van der Waals surface area contributed by atoms with Crippen LogP contribution in [0.3, 0.4) is 0 Å². The lowest BCUT2D eigenvalue weighted by atomic mass is 10.1. The Labute approximate surface area is 115 Å². The van der Waals surface area contributed by atoms with Crippen LogP contribution in [0.4, 0.5) is 0 Å². The molecule has 1 aromatic carbocycles. The van der Waals surface area contributed by atoms with Gasteiger partial charge in [0, 0.05) is 19.4 Å². The van der Waals surface area contributed by atoms with Crippen molar-refractivity contribution in [1.29, 1.82) is 0 Å². The van der Waals surface area contributed by atoms with E-state index in [9.17, 15) is 9.90 Å². The summed E-state index contributed by atoms with van der Waals surface area (Å²) in [5.74, 6) is 0.0844. The van der Waals surface area contributed by atoms with Gasteiger partial charge in [-0.3, -0.25) is 4.79 Å². The van der Waals surface area contributed by atoms with Crippen molar-refractivity contribution in [1.82, 2.24) is 5.32 Å². The van der Waals surface area contributed by atoms with Crippen LogP contribution in [0.5, 0.6) is 5.75 Å². The first-order valence-corrected chi connectivity index (χ1v) is 6.70. The van der Waals surface area contributed by atoms with E-state index in [0.29, 0.717) is 12.8 Å². The van der Waals surface area contributed by atoms with Crippen molar-refractivity contribution in [3.8, 4) is 5.75 Å². The number of hydrogen-bond acceptors (Lipinski definition) is 2. The summed E-state index contributed by atoms with van der Waals surface area (Å²) in [5.41, 5.74) is 1.03. The third kappa shape index (κ3) is 7.47. The number of amides is 1. The average molecular weight is 264 g/mol. The number of quaternary nitrogens is 1. The van der Waals surface area contributed by atoms with E-state index < -0.39 is 0 Å². The van der Waals surface area contributed by atoms with Gasteiger partial charge in [-0.05, 0) is 12.0 Å². The Morgan fingerprint density at radius 3 is 2.42 bits per heavy atom. The van der Waals surface area contributed by atoms with Crippen LogP contribution >= 0.6 is 0 Å². The number of carbonyl (C=O) groups excluding carboxylic acids is 1. The molecule has 1 aromatic rings. The van der Waals surface area contributed by atoms with Gasteiger partial charge in [-0.1, -0.05) is 24.3 Å². The smallest absolute Gasteiger partial charge is 0.220 e. The number of nitrogens with one attached hydrogen (secondary N) is 1. The van der Waals surface area contributed by atoms with Crippen molar-refractivity contribution in [3.05, 3.63) is 29.8 Å². The predicted molar refractivity (Wildman–Crippen MR) is 74.7 cm³/mol. The standard InChI is InChI=1S/C15H24N2O2/c1-17(2,3)12-4-11-16-15(19)10-7-13-5-8-14(18)9-6-13/h5-6,8-9H,4,7,10-12H2,1-3H3,(H-,16,18,19). The van der Waals surface area contributed by atoms with Gasteiger partial charge in [0.25, 0.3) is 0 Å². The van der Waals surface area contributed by atoms with Crippen molar-refractivity contribution >= 4 is 5.91 Å². The van der Waals surface area contributed by atoms with Crippen LogP contribution < -0.4 is 10.4 Å². The zero-order chi connectivity index (χ0) is 14.3. The van der Waals surface area contributed by atoms with Gasteiger partial charge < -0.3 is 14.9 Å². The molecule has 1 rings (SSSR count). The summed E-state index contributed by atoms with van der Waals surface area (Å²) in [6.45, 7) is 1.78. The fourth-order valence-corrected chi connectivity index (χ4v) is 1.78. The Kier molecular flexibility index (Phi) is 5.83. The molecule has 0 aliphatic heterocycles. The van der Waals surface area contributed by atoms with E-state index >= 15 is 0 Å². The van der Waals surface area contributed by atoms with Gasteiger partial charge in [0.15, 0.2) is 0 Å². The topological polar surface area (TPSA) is 52.2 Å². The molecule has 0 aliphatic carbocycles. The Morgan fingerprint density at radius 2 is 1.84 bits per heavy atom. The Morgan fingerprint density at radius 1 is 1.21 bits per heavy atom. The van der Waals surface area contributed by atoms with E-state index in [1.54, 1.807) is 12.1 Å². The van der Waals surface area contributed by atoms with Crippen molar-refractivity contribution in [2.75, 3.05) is 34.2 Å². The van der Waals surface area contributed by atoms with Crippen LogP contribution in [0, 0.1) is 0 Å². The highest BCUT2D eigenvalue weighted by Gasteiger charge is 2.06. The molecule has 4 heteroatoms. The second-order valence-electron chi connectivity index (χ2n) is 5.86. The van der Waals surface area contributed by atoms with Gasteiger partial charge in [0.2, 0.25) is 5.91 Å². The molecular weight excluding hydrogens is 240 g/mol. The summed E-state index contributed by atoms with van der Waals surface area (Å²) in [4.78, 5) is 11.6. The normalized spacial score (nSPS) is 11.3. The molecule has 0 aliphatic rings. The van der Waals surface area contributed by atoms with Crippen LogP contribution in [-0.4, -0.2) is 44.6 Å². The van der Waals surface area contributed by atoms with Gasteiger partial charge in [0.1, 0.15) is 0 Å². The fourth-order valence-electron chi connectivity index (χ4n) is 1.78. The molecule has 4 nitrogen and oxygen atoms in total. The molecule has 0 saturated carbocycles. The molecule has 0 heterocycles. The summed E-state index contributed by atoms with van der Waals surface area (Å²) in [6.07, 6.45) is 2.14. The van der Waals surface area contributed by atoms with E-state index in [1.165, 1.54) is 12.1 Å². The largest absolute Gasteiger partial charge is 0.872 e. The molecule has 1 amide bonds. The molecule has 19 heavy (non-hydrogen) atoms. The Hall–Kier alpha value is -1.55.